The van der Waals surface area contributed by atoms with Gasteiger partial charge < -0.3 is 10.1 Å². The quantitative estimate of drug-likeness (QED) is 0.673. The largest absolute Gasteiger partial charge is 0.495 e. The molecule has 0 spiro atoms. The summed E-state index contributed by atoms with van der Waals surface area (Å²) in [6.45, 7) is 0. The zero-order chi connectivity index (χ0) is 14.1. The lowest BCUT2D eigenvalue weighted by Crippen LogP contribution is -2.08. The van der Waals surface area contributed by atoms with Gasteiger partial charge in [0.15, 0.2) is 0 Å². The second kappa shape index (κ2) is 4.72. The fourth-order valence-electron chi connectivity index (χ4n) is 1.31. The number of hydrogen-bond donors (Lipinski definition) is 3. The minimum atomic E-state index is -4.58. The minimum Gasteiger partial charge on any atom is -0.495 e. The van der Waals surface area contributed by atoms with Gasteiger partial charge in [-0.15, -0.1) is 0 Å². The first-order valence-electron chi connectivity index (χ1n) is 4.46. The van der Waals surface area contributed by atoms with E-state index in [-0.39, 0.29) is 5.69 Å². The van der Waals surface area contributed by atoms with E-state index in [4.69, 9.17) is 9.11 Å². The van der Waals surface area contributed by atoms with Crippen LogP contribution in [0.3, 0.4) is 0 Å². The van der Waals surface area contributed by atoms with Crippen molar-refractivity contribution >= 4 is 25.9 Å². The summed E-state index contributed by atoms with van der Waals surface area (Å²) >= 11 is 0. The highest BCUT2D eigenvalue weighted by Crippen LogP contribution is 2.32. The molecule has 1 rings (SSSR count). The van der Waals surface area contributed by atoms with E-state index in [1.165, 1.54) is 7.05 Å². The zero-order valence-corrected chi connectivity index (χ0v) is 11.0. The van der Waals surface area contributed by atoms with Crippen molar-refractivity contribution in [1.82, 2.24) is 0 Å². The lowest BCUT2D eigenvalue weighted by Gasteiger charge is -2.12. The SMILES string of the molecule is CNc1cc(S(=O)(=O)O)c(OC)cc1S(=O)(=O)O. The molecule has 0 saturated heterocycles. The van der Waals surface area contributed by atoms with Gasteiger partial charge in [0.2, 0.25) is 0 Å². The summed E-state index contributed by atoms with van der Waals surface area (Å²) in [6, 6.07) is 1.64. The van der Waals surface area contributed by atoms with E-state index < -0.39 is 35.8 Å². The lowest BCUT2D eigenvalue weighted by atomic mass is 10.3. The van der Waals surface area contributed by atoms with Crippen LogP contribution in [0.1, 0.15) is 0 Å². The topological polar surface area (TPSA) is 130 Å². The molecule has 0 radical (unpaired) electrons. The van der Waals surface area contributed by atoms with E-state index >= 15 is 0 Å². The minimum absolute atomic E-state index is 0.189. The first-order valence-corrected chi connectivity index (χ1v) is 7.34. The predicted molar refractivity (Wildman–Crippen MR) is 62.2 cm³/mol. The van der Waals surface area contributed by atoms with Crippen molar-refractivity contribution in [3.05, 3.63) is 12.1 Å². The van der Waals surface area contributed by atoms with Crippen LogP contribution in [0.25, 0.3) is 0 Å². The monoisotopic (exact) mass is 297 g/mol. The Hall–Kier alpha value is -1.36. The van der Waals surface area contributed by atoms with E-state index in [1.807, 2.05) is 0 Å². The molecule has 0 bridgehead atoms. The molecule has 0 aliphatic heterocycles. The Balaban J connectivity index is 3.74. The highest BCUT2D eigenvalue weighted by atomic mass is 32.2. The van der Waals surface area contributed by atoms with E-state index in [0.29, 0.717) is 0 Å². The van der Waals surface area contributed by atoms with E-state index in [9.17, 15) is 16.8 Å². The third-order valence-electron chi connectivity index (χ3n) is 2.09. The number of anilines is 1. The summed E-state index contributed by atoms with van der Waals surface area (Å²) in [7, 11) is -6.72. The first-order chi connectivity index (χ1) is 8.11. The van der Waals surface area contributed by atoms with Crippen molar-refractivity contribution in [2.45, 2.75) is 9.79 Å². The second-order valence-electron chi connectivity index (χ2n) is 3.20. The Morgan fingerprint density at radius 2 is 1.56 bits per heavy atom. The Bertz CT molecular complexity index is 603. The third-order valence-corrected chi connectivity index (χ3v) is 3.86. The van der Waals surface area contributed by atoms with Crippen LogP contribution < -0.4 is 10.1 Å². The summed E-state index contributed by atoms with van der Waals surface area (Å²) < 4.78 is 66.9. The van der Waals surface area contributed by atoms with Crippen LogP contribution in [0, 0.1) is 0 Å². The molecule has 8 nitrogen and oxygen atoms in total. The van der Waals surface area contributed by atoms with Gasteiger partial charge in [-0.1, -0.05) is 0 Å². The Morgan fingerprint density at radius 3 is 1.89 bits per heavy atom. The number of nitrogens with one attached hydrogen (secondary N) is 1. The molecule has 0 saturated carbocycles. The molecule has 0 aliphatic rings. The van der Waals surface area contributed by atoms with Crippen molar-refractivity contribution in [3.63, 3.8) is 0 Å². The van der Waals surface area contributed by atoms with Crippen LogP contribution >= 0.6 is 0 Å². The van der Waals surface area contributed by atoms with Gasteiger partial charge in [-0.05, 0) is 6.07 Å². The Kier molecular flexibility index (Phi) is 3.86. The molecule has 1 aromatic rings. The smallest absolute Gasteiger partial charge is 0.298 e. The normalized spacial score (nSPS) is 12.2. The van der Waals surface area contributed by atoms with Crippen molar-refractivity contribution in [2.75, 3.05) is 19.5 Å². The fourth-order valence-corrected chi connectivity index (χ4v) is 2.67. The Labute approximate surface area is 104 Å². The number of ether oxygens (including phenoxy) is 1. The van der Waals surface area contributed by atoms with E-state index in [1.54, 1.807) is 0 Å². The summed E-state index contributed by atoms with van der Waals surface area (Å²) in [4.78, 5) is -1.17. The molecule has 0 unspecified atom stereocenters. The van der Waals surface area contributed by atoms with E-state index in [0.717, 1.165) is 19.2 Å². The lowest BCUT2D eigenvalue weighted by molar-refractivity contribution is 0.395. The molecule has 0 amide bonds. The molecular weight excluding hydrogens is 286 g/mol. The summed E-state index contributed by atoms with van der Waals surface area (Å²) in [6.07, 6.45) is 0. The van der Waals surface area contributed by atoms with Crippen molar-refractivity contribution < 1.29 is 30.7 Å². The van der Waals surface area contributed by atoms with E-state index in [2.05, 4.69) is 10.1 Å². The third kappa shape index (κ3) is 2.90. The molecule has 0 atom stereocenters. The number of hydrogen-bond acceptors (Lipinski definition) is 6. The van der Waals surface area contributed by atoms with Crippen LogP contribution in [0.15, 0.2) is 21.9 Å². The van der Waals surface area contributed by atoms with Crippen molar-refractivity contribution in [1.29, 1.82) is 0 Å². The summed E-state index contributed by atoms with van der Waals surface area (Å²) in [5, 5.41) is 2.40. The maximum absolute atomic E-state index is 11.1. The highest BCUT2D eigenvalue weighted by molar-refractivity contribution is 7.86. The van der Waals surface area contributed by atoms with Gasteiger partial charge in [-0.25, -0.2) is 0 Å². The molecule has 0 aromatic heterocycles. The molecular formula is C8H11NO7S2. The molecule has 102 valence electrons. The maximum atomic E-state index is 11.1. The van der Waals surface area contributed by atoms with Crippen LogP contribution in [-0.4, -0.2) is 40.1 Å². The van der Waals surface area contributed by atoms with Gasteiger partial charge >= 0.3 is 0 Å². The zero-order valence-electron chi connectivity index (χ0n) is 9.41. The van der Waals surface area contributed by atoms with Gasteiger partial charge in [-0.3, -0.25) is 9.11 Å². The molecule has 0 heterocycles. The number of methoxy groups -OCH3 is 1. The molecule has 3 N–H and O–H groups in total. The Morgan fingerprint density at radius 1 is 1.06 bits per heavy atom. The fraction of sp³-hybridized carbons (Fsp3) is 0.250. The van der Waals surface area contributed by atoms with Crippen molar-refractivity contribution in [3.8, 4) is 5.75 Å². The second-order valence-corrected chi connectivity index (χ2v) is 5.98. The summed E-state index contributed by atoms with van der Waals surface area (Å²) in [5.74, 6) is -0.399. The van der Waals surface area contributed by atoms with Crippen LogP contribution in [0.2, 0.25) is 0 Å². The van der Waals surface area contributed by atoms with Gasteiger partial charge in [-0.2, -0.15) is 16.8 Å². The number of benzene rings is 1. The molecule has 0 aliphatic carbocycles. The number of rotatable bonds is 4. The van der Waals surface area contributed by atoms with Gasteiger partial charge in [0.05, 0.1) is 12.8 Å². The van der Waals surface area contributed by atoms with Gasteiger partial charge in [0.25, 0.3) is 20.2 Å². The average molecular weight is 297 g/mol. The summed E-state index contributed by atoms with van der Waals surface area (Å²) in [5.41, 5.74) is -0.189. The highest BCUT2D eigenvalue weighted by Gasteiger charge is 2.24. The molecule has 0 fully saturated rings. The predicted octanol–water partition coefficient (Wildman–Crippen LogP) is 0.230. The van der Waals surface area contributed by atoms with Gasteiger partial charge in [0, 0.05) is 13.1 Å². The maximum Gasteiger partial charge on any atom is 0.298 e. The van der Waals surface area contributed by atoms with Crippen molar-refractivity contribution in [2.24, 2.45) is 0 Å². The average Bonchev–Trinajstić information content (AvgIpc) is 2.24. The van der Waals surface area contributed by atoms with Gasteiger partial charge in [0.1, 0.15) is 15.5 Å². The molecule has 10 heteroatoms. The van der Waals surface area contributed by atoms with Crippen LogP contribution in [0.4, 0.5) is 5.69 Å². The molecule has 1 aromatic carbocycles. The first kappa shape index (κ1) is 14.7. The van der Waals surface area contributed by atoms with Crippen LogP contribution in [-0.2, 0) is 20.2 Å². The molecule has 18 heavy (non-hydrogen) atoms. The standard InChI is InChI=1S/C8H11NO7S2/c1-9-5-3-8(18(13,14)15)6(16-2)4-7(5)17(10,11)12/h3-4,9H,1-2H3,(H,10,11,12)(H,13,14,15). The van der Waals surface area contributed by atoms with Crippen LogP contribution in [0.5, 0.6) is 5.75 Å².